The number of nitrogens with two attached hydrogens (primary N) is 2. The normalized spacial score (nSPS) is 12.9. The maximum absolute atomic E-state index is 12.5. The van der Waals surface area contributed by atoms with E-state index in [1.165, 1.54) is 0 Å². The second-order valence-electron chi connectivity index (χ2n) is 6.29. The number of H-pyrrole nitrogens is 1. The van der Waals surface area contributed by atoms with Crippen LogP contribution < -0.4 is 22.1 Å². The van der Waals surface area contributed by atoms with Crippen LogP contribution in [0, 0.1) is 0 Å². The number of fused-ring (bicyclic) bond motifs is 1. The molecule has 0 fully saturated rings. The third-order valence-electron chi connectivity index (χ3n) is 4.23. The fourth-order valence-electron chi connectivity index (χ4n) is 2.80. The van der Waals surface area contributed by atoms with Crippen molar-refractivity contribution in [3.63, 3.8) is 0 Å². The van der Waals surface area contributed by atoms with Crippen LogP contribution >= 0.6 is 0 Å². The lowest BCUT2D eigenvalue weighted by atomic mass is 10.0. The minimum atomic E-state index is -1.22. The average molecular weight is 389 g/mol. The van der Waals surface area contributed by atoms with Gasteiger partial charge in [-0.2, -0.15) is 0 Å². The number of para-hydroxylation sites is 1. The molecule has 2 aromatic rings. The molecule has 28 heavy (non-hydrogen) atoms. The number of benzene rings is 1. The van der Waals surface area contributed by atoms with Crippen LogP contribution in [0.5, 0.6) is 0 Å². The Kier molecular flexibility index (Phi) is 7.10. The molecule has 1 aromatic carbocycles. The van der Waals surface area contributed by atoms with Gasteiger partial charge in [0.2, 0.25) is 17.7 Å². The van der Waals surface area contributed by atoms with E-state index in [9.17, 15) is 24.3 Å². The second-order valence-corrected chi connectivity index (χ2v) is 6.29. The van der Waals surface area contributed by atoms with Gasteiger partial charge in [-0.15, -0.1) is 0 Å². The summed E-state index contributed by atoms with van der Waals surface area (Å²) >= 11 is 0. The number of carboxylic acids is 1. The van der Waals surface area contributed by atoms with Gasteiger partial charge in [-0.05, 0) is 18.1 Å². The summed E-state index contributed by atoms with van der Waals surface area (Å²) in [4.78, 5) is 49.8. The Morgan fingerprint density at radius 2 is 1.82 bits per heavy atom. The van der Waals surface area contributed by atoms with Crippen LogP contribution in [0.1, 0.15) is 18.4 Å². The molecule has 10 nitrogen and oxygen atoms in total. The van der Waals surface area contributed by atoms with Crippen LogP contribution in [0.2, 0.25) is 0 Å². The van der Waals surface area contributed by atoms with Crippen molar-refractivity contribution in [1.82, 2.24) is 15.6 Å². The summed E-state index contributed by atoms with van der Waals surface area (Å²) in [6.45, 7) is -0.349. The highest BCUT2D eigenvalue weighted by molar-refractivity contribution is 5.92. The van der Waals surface area contributed by atoms with E-state index in [1.54, 1.807) is 6.20 Å². The Morgan fingerprint density at radius 1 is 1.11 bits per heavy atom. The molecule has 2 unspecified atom stereocenters. The van der Waals surface area contributed by atoms with Gasteiger partial charge >= 0.3 is 5.97 Å². The molecule has 0 radical (unpaired) electrons. The maximum atomic E-state index is 12.5. The van der Waals surface area contributed by atoms with E-state index in [0.717, 1.165) is 16.5 Å². The van der Waals surface area contributed by atoms with Gasteiger partial charge in [-0.3, -0.25) is 14.4 Å². The third kappa shape index (κ3) is 5.55. The summed E-state index contributed by atoms with van der Waals surface area (Å²) in [6.07, 6.45) is 1.52. The Labute approximate surface area is 160 Å². The van der Waals surface area contributed by atoms with Crippen LogP contribution in [-0.4, -0.2) is 52.4 Å². The average Bonchev–Trinajstić information content (AvgIpc) is 3.07. The van der Waals surface area contributed by atoms with Crippen molar-refractivity contribution in [2.24, 2.45) is 11.5 Å². The molecule has 0 saturated carbocycles. The monoisotopic (exact) mass is 389 g/mol. The van der Waals surface area contributed by atoms with Gasteiger partial charge < -0.3 is 32.2 Å². The fourth-order valence-corrected chi connectivity index (χ4v) is 2.80. The predicted molar refractivity (Wildman–Crippen MR) is 101 cm³/mol. The molecule has 8 N–H and O–H groups in total. The Bertz CT molecular complexity index is 878. The molecule has 0 aliphatic heterocycles. The molecule has 150 valence electrons. The first-order valence-corrected chi connectivity index (χ1v) is 8.67. The largest absolute Gasteiger partial charge is 0.480 e. The molecule has 3 amide bonds. The predicted octanol–water partition coefficient (Wildman–Crippen LogP) is -1.01. The molecule has 2 atom stereocenters. The van der Waals surface area contributed by atoms with Crippen molar-refractivity contribution in [1.29, 1.82) is 0 Å². The molecule has 0 aliphatic carbocycles. The van der Waals surface area contributed by atoms with Gasteiger partial charge in [0.15, 0.2) is 0 Å². The highest BCUT2D eigenvalue weighted by atomic mass is 16.4. The maximum Gasteiger partial charge on any atom is 0.326 e. The summed E-state index contributed by atoms with van der Waals surface area (Å²) in [5.74, 6) is -3.20. The van der Waals surface area contributed by atoms with Gasteiger partial charge in [-0.25, -0.2) is 4.79 Å². The number of hydrogen-bond donors (Lipinski definition) is 6. The Morgan fingerprint density at radius 3 is 2.46 bits per heavy atom. The minimum Gasteiger partial charge on any atom is -0.480 e. The van der Waals surface area contributed by atoms with Gasteiger partial charge in [0.1, 0.15) is 12.1 Å². The SMILES string of the molecule is NCC(=O)NC(CCC(N)=O)C(=O)NC(Cc1c[nH]c2ccccc12)C(=O)O. The van der Waals surface area contributed by atoms with Crippen molar-refractivity contribution in [3.05, 3.63) is 36.0 Å². The zero-order valence-corrected chi connectivity index (χ0v) is 15.1. The minimum absolute atomic E-state index is 0.0401. The van der Waals surface area contributed by atoms with Crippen molar-refractivity contribution < 1.29 is 24.3 Å². The van der Waals surface area contributed by atoms with Crippen LogP contribution in [0.25, 0.3) is 10.9 Å². The number of nitrogens with one attached hydrogen (secondary N) is 3. The number of carboxylic acid groups (broad SMARTS) is 1. The second kappa shape index (κ2) is 9.51. The number of aromatic amines is 1. The van der Waals surface area contributed by atoms with Gasteiger partial charge in [0.25, 0.3) is 0 Å². The van der Waals surface area contributed by atoms with Gasteiger partial charge in [0.05, 0.1) is 6.54 Å². The number of carbonyl (C=O) groups excluding carboxylic acids is 3. The van der Waals surface area contributed by atoms with Crippen molar-refractivity contribution in [3.8, 4) is 0 Å². The summed E-state index contributed by atoms with van der Waals surface area (Å²) in [5.41, 5.74) is 11.9. The van der Waals surface area contributed by atoms with Crippen molar-refractivity contribution >= 4 is 34.6 Å². The van der Waals surface area contributed by atoms with Crippen molar-refractivity contribution in [2.45, 2.75) is 31.3 Å². The molecule has 1 heterocycles. The lowest BCUT2D eigenvalue weighted by Gasteiger charge is -2.21. The number of primary amides is 1. The number of hydrogen-bond acceptors (Lipinski definition) is 5. The van der Waals surface area contributed by atoms with Gasteiger partial charge in [0, 0.05) is 29.9 Å². The quantitative estimate of drug-likeness (QED) is 0.303. The molecular formula is C18H23N5O5. The highest BCUT2D eigenvalue weighted by Gasteiger charge is 2.27. The lowest BCUT2D eigenvalue weighted by molar-refractivity contribution is -0.142. The first-order chi connectivity index (χ1) is 13.3. The van der Waals surface area contributed by atoms with Crippen LogP contribution in [0.15, 0.2) is 30.5 Å². The zero-order chi connectivity index (χ0) is 20.7. The van der Waals surface area contributed by atoms with E-state index in [1.807, 2.05) is 24.3 Å². The molecule has 0 spiro atoms. The molecule has 0 bridgehead atoms. The number of carbonyl (C=O) groups is 4. The zero-order valence-electron chi connectivity index (χ0n) is 15.1. The standard InChI is InChI=1S/C18H23N5O5/c19-8-16(25)22-13(5-6-15(20)24)17(26)23-14(18(27)28)7-10-9-21-12-4-2-1-3-11(10)12/h1-4,9,13-14,21H,5-8,19H2,(H2,20,24)(H,22,25)(H,23,26)(H,27,28). The van der Waals surface area contributed by atoms with Crippen LogP contribution in [0.3, 0.4) is 0 Å². The van der Waals surface area contributed by atoms with E-state index in [0.29, 0.717) is 0 Å². The molecule has 0 aliphatic rings. The number of rotatable bonds is 10. The van der Waals surface area contributed by atoms with Gasteiger partial charge in [-0.1, -0.05) is 18.2 Å². The number of aromatic nitrogens is 1. The van der Waals surface area contributed by atoms with Crippen LogP contribution in [-0.2, 0) is 25.6 Å². The third-order valence-corrected chi connectivity index (χ3v) is 4.23. The van der Waals surface area contributed by atoms with Crippen LogP contribution in [0.4, 0.5) is 0 Å². The van der Waals surface area contributed by atoms with E-state index >= 15 is 0 Å². The summed E-state index contributed by atoms with van der Waals surface area (Å²) in [7, 11) is 0. The number of amides is 3. The number of aliphatic carboxylic acids is 1. The smallest absolute Gasteiger partial charge is 0.326 e. The lowest BCUT2D eigenvalue weighted by Crippen LogP contribution is -2.53. The first-order valence-electron chi connectivity index (χ1n) is 8.67. The first kappa shape index (κ1) is 20.9. The molecule has 1 aromatic heterocycles. The molecule has 10 heteroatoms. The van der Waals surface area contributed by atoms with E-state index < -0.39 is 35.8 Å². The molecule has 2 rings (SSSR count). The summed E-state index contributed by atoms with van der Waals surface area (Å²) < 4.78 is 0. The van der Waals surface area contributed by atoms with E-state index in [-0.39, 0.29) is 25.8 Å². The van der Waals surface area contributed by atoms with E-state index in [2.05, 4.69) is 15.6 Å². The summed E-state index contributed by atoms with van der Waals surface area (Å²) in [5, 5.41) is 15.2. The summed E-state index contributed by atoms with van der Waals surface area (Å²) in [6, 6.07) is 5.04. The molecule has 0 saturated heterocycles. The Balaban J connectivity index is 2.13. The Hall–Kier alpha value is -3.40. The van der Waals surface area contributed by atoms with Crippen molar-refractivity contribution in [2.75, 3.05) is 6.54 Å². The van der Waals surface area contributed by atoms with E-state index in [4.69, 9.17) is 11.5 Å². The molecular weight excluding hydrogens is 366 g/mol. The highest BCUT2D eigenvalue weighted by Crippen LogP contribution is 2.19. The topological polar surface area (TPSA) is 180 Å². The fraction of sp³-hybridized carbons (Fsp3) is 0.333.